The van der Waals surface area contributed by atoms with Crippen LogP contribution in [0.5, 0.6) is 5.75 Å². The zero-order valence-corrected chi connectivity index (χ0v) is 22.6. The number of fused-ring (bicyclic) bond motifs is 1. The molecule has 39 heavy (non-hydrogen) atoms. The molecule has 204 valence electrons. The van der Waals surface area contributed by atoms with Gasteiger partial charge < -0.3 is 14.8 Å². The van der Waals surface area contributed by atoms with Crippen LogP contribution in [0.1, 0.15) is 72.0 Å². The van der Waals surface area contributed by atoms with Gasteiger partial charge in [0.05, 0.1) is 54.8 Å². The molecule has 2 aliphatic heterocycles. The van der Waals surface area contributed by atoms with Crippen LogP contribution in [0.2, 0.25) is 0 Å². The molecule has 3 heterocycles. The first-order valence-corrected chi connectivity index (χ1v) is 13.9. The molecule has 6 rings (SSSR count). The maximum absolute atomic E-state index is 15.3. The lowest BCUT2D eigenvalue weighted by atomic mass is 9.88. The van der Waals surface area contributed by atoms with Gasteiger partial charge in [-0.1, -0.05) is 6.08 Å². The highest BCUT2D eigenvalue weighted by Crippen LogP contribution is 2.41. The summed E-state index contributed by atoms with van der Waals surface area (Å²) >= 11 is 0. The zero-order chi connectivity index (χ0) is 27.1. The first kappa shape index (κ1) is 25.9. The molecule has 2 aromatic rings. The first-order valence-electron chi connectivity index (χ1n) is 13.9. The highest BCUT2D eigenvalue weighted by atomic mass is 19.1. The lowest BCUT2D eigenvalue weighted by Gasteiger charge is -2.41. The van der Waals surface area contributed by atoms with E-state index in [1.165, 1.54) is 19.2 Å². The molecular formula is C30H34FN5O3. The molecule has 0 radical (unpaired) electrons. The van der Waals surface area contributed by atoms with Crippen LogP contribution in [0.15, 0.2) is 18.2 Å². The summed E-state index contributed by atoms with van der Waals surface area (Å²) in [5.41, 5.74) is 2.77. The summed E-state index contributed by atoms with van der Waals surface area (Å²) in [5.74, 6) is 1.15. The van der Waals surface area contributed by atoms with Gasteiger partial charge in [-0.15, -0.1) is 0 Å². The van der Waals surface area contributed by atoms with Gasteiger partial charge in [0.1, 0.15) is 23.2 Å². The minimum Gasteiger partial charge on any atom is -0.496 e. The molecule has 9 heteroatoms. The number of likely N-dealkylation sites (tertiary alicyclic amines) is 1. The number of nitriles is 1. The number of nitrogens with zero attached hydrogens (tertiary/aromatic N) is 4. The zero-order valence-electron chi connectivity index (χ0n) is 22.6. The summed E-state index contributed by atoms with van der Waals surface area (Å²) in [6.45, 7) is 5.64. The molecule has 8 nitrogen and oxygen atoms in total. The summed E-state index contributed by atoms with van der Waals surface area (Å²) in [4.78, 5) is 25.0. The number of methoxy groups -OCH3 is 1. The average molecular weight is 532 g/mol. The van der Waals surface area contributed by atoms with Gasteiger partial charge in [0.15, 0.2) is 5.78 Å². The number of hydrogen-bond donors (Lipinski definition) is 1. The lowest BCUT2D eigenvalue weighted by Crippen LogP contribution is -2.51. The average Bonchev–Trinajstić information content (AvgIpc) is 3.46. The van der Waals surface area contributed by atoms with E-state index >= 15 is 4.39 Å². The third-order valence-corrected chi connectivity index (χ3v) is 8.62. The maximum Gasteiger partial charge on any atom is 0.166 e. The minimum atomic E-state index is -0.543. The van der Waals surface area contributed by atoms with E-state index in [1.807, 2.05) is 6.08 Å². The van der Waals surface area contributed by atoms with Crippen LogP contribution in [0.3, 0.4) is 0 Å². The highest BCUT2D eigenvalue weighted by molar-refractivity contribution is 5.97. The van der Waals surface area contributed by atoms with Crippen LogP contribution < -0.4 is 10.1 Å². The Bertz CT molecular complexity index is 1370. The molecule has 0 unspecified atom stereocenters. The highest BCUT2D eigenvalue weighted by Gasteiger charge is 2.39. The molecule has 2 saturated heterocycles. The monoisotopic (exact) mass is 531 g/mol. The molecule has 3 fully saturated rings. The topological polar surface area (TPSA) is 100 Å². The van der Waals surface area contributed by atoms with E-state index in [0.717, 1.165) is 63.2 Å². The molecule has 0 atom stereocenters. The van der Waals surface area contributed by atoms with E-state index in [-0.39, 0.29) is 29.2 Å². The van der Waals surface area contributed by atoms with Crippen LogP contribution in [0, 0.1) is 23.1 Å². The number of anilines is 1. The fourth-order valence-electron chi connectivity index (χ4n) is 5.79. The molecule has 0 bridgehead atoms. The van der Waals surface area contributed by atoms with Crippen molar-refractivity contribution in [1.82, 2.24) is 14.9 Å². The molecule has 1 aromatic carbocycles. The predicted octanol–water partition coefficient (Wildman–Crippen LogP) is 4.33. The number of carbonyl (C=O) groups excluding carboxylic acids is 1. The van der Waals surface area contributed by atoms with Crippen LogP contribution in [-0.4, -0.2) is 65.6 Å². The Hall–Kier alpha value is -3.35. The Morgan fingerprint density at radius 2 is 2.05 bits per heavy atom. The second-order valence-electron chi connectivity index (χ2n) is 11.5. The number of aromatic nitrogens is 2. The number of rotatable bonds is 9. The second-order valence-corrected chi connectivity index (χ2v) is 11.5. The number of Topliss-reactive ketones (excluding diaryl/α,β-unsaturated/α-hetero) is 1. The quantitative estimate of drug-likeness (QED) is 0.478. The van der Waals surface area contributed by atoms with Crippen molar-refractivity contribution in [3.05, 3.63) is 52.2 Å². The number of halogens is 1. The van der Waals surface area contributed by atoms with Crippen LogP contribution >= 0.6 is 0 Å². The smallest absolute Gasteiger partial charge is 0.166 e. The number of piperidine rings is 1. The number of benzene rings is 1. The van der Waals surface area contributed by atoms with Crippen molar-refractivity contribution in [2.45, 2.75) is 63.5 Å². The largest absolute Gasteiger partial charge is 0.496 e. The predicted molar refractivity (Wildman–Crippen MR) is 144 cm³/mol. The lowest BCUT2D eigenvalue weighted by molar-refractivity contribution is -0.0737. The Morgan fingerprint density at radius 1 is 1.28 bits per heavy atom. The number of carbonyl (C=O) groups is 1. The molecule has 1 aromatic heterocycles. The van der Waals surface area contributed by atoms with Crippen molar-refractivity contribution >= 4 is 17.2 Å². The van der Waals surface area contributed by atoms with E-state index in [1.54, 1.807) is 0 Å². The van der Waals surface area contributed by atoms with E-state index in [4.69, 9.17) is 19.4 Å². The molecular weight excluding hydrogens is 497 g/mol. The Labute approximate surface area is 228 Å². The van der Waals surface area contributed by atoms with Crippen molar-refractivity contribution < 1.29 is 18.7 Å². The van der Waals surface area contributed by atoms with Gasteiger partial charge in [-0.05, 0) is 63.7 Å². The van der Waals surface area contributed by atoms with Crippen LogP contribution in [0.25, 0.3) is 5.57 Å². The summed E-state index contributed by atoms with van der Waals surface area (Å²) < 4.78 is 26.2. The summed E-state index contributed by atoms with van der Waals surface area (Å²) in [6.07, 6.45) is 6.97. The van der Waals surface area contributed by atoms with Crippen molar-refractivity contribution in [1.29, 1.82) is 5.26 Å². The Morgan fingerprint density at radius 3 is 2.69 bits per heavy atom. The molecule has 2 aliphatic carbocycles. The maximum atomic E-state index is 15.3. The molecule has 0 spiro atoms. The fraction of sp³-hybridized carbons (Fsp3) is 0.533. The SMILES string of the molecule is COc1cc(C(=O)CC2CCN(C3COC3)CC2)c(F)cc1Cc1nc2c(c(NC3(C)CC3)n1)C(C#N)=CC2. The number of ketones is 1. The van der Waals surface area contributed by atoms with Gasteiger partial charge in [-0.2, -0.15) is 5.26 Å². The van der Waals surface area contributed by atoms with Gasteiger partial charge in [-0.25, -0.2) is 14.4 Å². The molecule has 1 N–H and O–H groups in total. The van der Waals surface area contributed by atoms with E-state index in [9.17, 15) is 10.1 Å². The standard InChI is InChI=1S/C30H34FN5O3/c1-30(7-8-30)35-29-28-19(15-32)3-4-24(28)33-27(34-29)13-20-12-23(31)22(14-26(20)38-2)25(37)11-18-5-9-36(10-6-18)21-16-39-17-21/h3,12,14,18,21H,4-11,13,16-17H2,1-2H3,(H,33,34,35). The van der Waals surface area contributed by atoms with Crippen molar-refractivity contribution in [3.63, 3.8) is 0 Å². The van der Waals surface area contributed by atoms with Crippen molar-refractivity contribution in [2.24, 2.45) is 5.92 Å². The van der Waals surface area contributed by atoms with Gasteiger partial charge >= 0.3 is 0 Å². The van der Waals surface area contributed by atoms with E-state index in [2.05, 4.69) is 23.2 Å². The molecule has 4 aliphatic rings. The number of hydrogen-bond acceptors (Lipinski definition) is 8. The summed E-state index contributed by atoms with van der Waals surface area (Å²) in [5, 5.41) is 13.1. The van der Waals surface area contributed by atoms with Crippen molar-refractivity contribution in [3.8, 4) is 11.8 Å². The van der Waals surface area contributed by atoms with Gasteiger partial charge in [0, 0.05) is 30.4 Å². The van der Waals surface area contributed by atoms with Crippen LogP contribution in [-0.2, 0) is 17.6 Å². The number of nitrogens with one attached hydrogen (secondary N) is 1. The minimum absolute atomic E-state index is 0.0312. The van der Waals surface area contributed by atoms with Gasteiger partial charge in [0.2, 0.25) is 0 Å². The summed E-state index contributed by atoms with van der Waals surface area (Å²) in [7, 11) is 1.53. The van der Waals surface area contributed by atoms with E-state index < -0.39 is 5.82 Å². The van der Waals surface area contributed by atoms with Gasteiger partial charge in [0.25, 0.3) is 0 Å². The number of ether oxygens (including phenoxy) is 2. The first-order chi connectivity index (χ1) is 18.9. The third kappa shape index (κ3) is 5.28. The van der Waals surface area contributed by atoms with E-state index in [0.29, 0.717) is 47.4 Å². The summed E-state index contributed by atoms with van der Waals surface area (Å²) in [6, 6.07) is 5.68. The molecule has 1 saturated carbocycles. The van der Waals surface area contributed by atoms with Gasteiger partial charge in [-0.3, -0.25) is 9.69 Å². The Balaban J connectivity index is 1.19. The third-order valence-electron chi connectivity index (χ3n) is 8.62. The van der Waals surface area contributed by atoms with Crippen LogP contribution in [0.4, 0.5) is 10.2 Å². The Kier molecular flexibility index (Phi) is 6.86. The molecule has 0 amide bonds. The second kappa shape index (κ2) is 10.3. The fourth-order valence-corrected chi connectivity index (χ4v) is 5.79. The van der Waals surface area contributed by atoms with Crippen molar-refractivity contribution in [2.75, 3.05) is 38.7 Å². The normalized spacial score (nSPS) is 20.5. The number of allylic oxidation sites excluding steroid dienone is 2.